The smallest absolute Gasteiger partial charge is 0.352 e. The monoisotopic (exact) mass is 458 g/mol. The SMILES string of the molecule is O=C(NCC1CCCO1)c1nn(-c2ccc(Cl)cc2)c(=O)n(Cc2cccc(F)c2)c1=O. The maximum absolute atomic E-state index is 13.6. The average molecular weight is 459 g/mol. The molecule has 0 spiro atoms. The summed E-state index contributed by atoms with van der Waals surface area (Å²) < 4.78 is 20.9. The number of nitrogens with zero attached hydrogens (tertiary/aromatic N) is 3. The molecule has 3 aromatic rings. The van der Waals surface area contributed by atoms with Crippen LogP contribution in [-0.4, -0.2) is 39.5 Å². The first kappa shape index (κ1) is 21.9. The molecule has 0 saturated carbocycles. The van der Waals surface area contributed by atoms with E-state index in [0.717, 1.165) is 22.1 Å². The summed E-state index contributed by atoms with van der Waals surface area (Å²) in [6, 6.07) is 11.7. The predicted molar refractivity (Wildman–Crippen MR) is 116 cm³/mol. The van der Waals surface area contributed by atoms with Gasteiger partial charge in [-0.1, -0.05) is 23.7 Å². The second kappa shape index (κ2) is 9.46. The van der Waals surface area contributed by atoms with Crippen molar-refractivity contribution in [1.82, 2.24) is 19.7 Å². The molecule has 1 N–H and O–H groups in total. The van der Waals surface area contributed by atoms with Crippen LogP contribution in [0.4, 0.5) is 4.39 Å². The third-order valence-corrected chi connectivity index (χ3v) is 5.34. The molecule has 1 aliphatic rings. The summed E-state index contributed by atoms with van der Waals surface area (Å²) in [5.41, 5.74) is -1.37. The molecule has 8 nitrogen and oxygen atoms in total. The van der Waals surface area contributed by atoms with Crippen LogP contribution in [0.3, 0.4) is 0 Å². The molecule has 1 unspecified atom stereocenters. The number of aromatic nitrogens is 3. The highest BCUT2D eigenvalue weighted by molar-refractivity contribution is 6.30. The lowest BCUT2D eigenvalue weighted by Gasteiger charge is -2.14. The molecule has 1 aromatic heterocycles. The van der Waals surface area contributed by atoms with Crippen LogP contribution in [0.25, 0.3) is 5.69 Å². The van der Waals surface area contributed by atoms with E-state index >= 15 is 0 Å². The number of halogens is 2. The Balaban J connectivity index is 1.76. The van der Waals surface area contributed by atoms with E-state index in [2.05, 4.69) is 10.4 Å². The summed E-state index contributed by atoms with van der Waals surface area (Å²) in [4.78, 5) is 38.9. The van der Waals surface area contributed by atoms with Crippen LogP contribution < -0.4 is 16.6 Å². The van der Waals surface area contributed by atoms with E-state index in [9.17, 15) is 18.8 Å². The number of carbonyl (C=O) groups is 1. The van der Waals surface area contributed by atoms with Crippen molar-refractivity contribution in [3.63, 3.8) is 0 Å². The van der Waals surface area contributed by atoms with E-state index in [-0.39, 0.29) is 19.2 Å². The van der Waals surface area contributed by atoms with Gasteiger partial charge in [0, 0.05) is 18.2 Å². The van der Waals surface area contributed by atoms with Gasteiger partial charge in [-0.3, -0.25) is 14.2 Å². The zero-order valence-electron chi connectivity index (χ0n) is 17.0. The number of benzene rings is 2. The fourth-order valence-electron chi connectivity index (χ4n) is 3.46. The molecule has 1 fully saturated rings. The molecule has 166 valence electrons. The van der Waals surface area contributed by atoms with Gasteiger partial charge in [0.1, 0.15) is 5.82 Å². The number of hydrogen-bond donors (Lipinski definition) is 1. The number of nitrogens with one attached hydrogen (secondary N) is 1. The second-order valence-corrected chi connectivity index (χ2v) is 7.82. The van der Waals surface area contributed by atoms with Gasteiger partial charge in [-0.2, -0.15) is 9.78 Å². The molecule has 32 heavy (non-hydrogen) atoms. The van der Waals surface area contributed by atoms with E-state index in [0.29, 0.717) is 22.9 Å². The van der Waals surface area contributed by atoms with Gasteiger partial charge in [-0.15, -0.1) is 0 Å². The molecule has 1 amide bonds. The Kier molecular flexibility index (Phi) is 6.48. The molecule has 10 heteroatoms. The normalized spacial score (nSPS) is 15.6. The van der Waals surface area contributed by atoms with Crippen molar-refractivity contribution in [2.24, 2.45) is 0 Å². The standard InChI is InChI=1S/C22H20ClFN4O4/c23-15-6-8-17(9-7-15)28-22(31)27(13-14-3-1-4-16(24)11-14)21(30)19(26-28)20(29)25-12-18-5-2-10-32-18/h1,3-4,6-9,11,18H,2,5,10,12-13H2,(H,25,29). The van der Waals surface area contributed by atoms with Gasteiger partial charge >= 0.3 is 5.69 Å². The number of rotatable bonds is 6. The fraction of sp³-hybridized carbons (Fsp3) is 0.273. The second-order valence-electron chi connectivity index (χ2n) is 7.39. The Morgan fingerprint density at radius 2 is 2.00 bits per heavy atom. The lowest BCUT2D eigenvalue weighted by Crippen LogP contribution is -2.46. The first-order valence-corrected chi connectivity index (χ1v) is 10.4. The average Bonchev–Trinajstić information content (AvgIpc) is 3.30. The summed E-state index contributed by atoms with van der Waals surface area (Å²) in [6.07, 6.45) is 1.58. The number of ether oxygens (including phenoxy) is 1. The molecule has 0 bridgehead atoms. The van der Waals surface area contributed by atoms with E-state index < -0.39 is 28.7 Å². The predicted octanol–water partition coefficient (Wildman–Crippen LogP) is 2.14. The van der Waals surface area contributed by atoms with Crippen molar-refractivity contribution < 1.29 is 13.9 Å². The molecule has 0 radical (unpaired) electrons. The third-order valence-electron chi connectivity index (χ3n) is 5.09. The number of carbonyl (C=O) groups excluding carboxylic acids is 1. The molecular formula is C22H20ClFN4O4. The van der Waals surface area contributed by atoms with Gasteiger partial charge in [-0.25, -0.2) is 9.18 Å². The van der Waals surface area contributed by atoms with Crippen molar-refractivity contribution in [1.29, 1.82) is 0 Å². The van der Waals surface area contributed by atoms with Gasteiger partial charge in [-0.05, 0) is 54.8 Å². The topological polar surface area (TPSA) is 95.2 Å². The van der Waals surface area contributed by atoms with Crippen molar-refractivity contribution in [3.05, 3.63) is 91.5 Å². The molecule has 4 rings (SSSR count). The van der Waals surface area contributed by atoms with Crippen LogP contribution in [0.1, 0.15) is 28.9 Å². The van der Waals surface area contributed by atoms with E-state index in [4.69, 9.17) is 16.3 Å². The van der Waals surface area contributed by atoms with Crippen LogP contribution in [0.5, 0.6) is 0 Å². The lowest BCUT2D eigenvalue weighted by atomic mass is 10.2. The molecule has 1 aliphatic heterocycles. The summed E-state index contributed by atoms with van der Waals surface area (Å²) in [6.45, 7) is 0.627. The maximum Gasteiger partial charge on any atom is 0.352 e. The minimum Gasteiger partial charge on any atom is -0.376 e. The highest BCUT2D eigenvalue weighted by atomic mass is 35.5. The molecule has 0 aliphatic carbocycles. The largest absolute Gasteiger partial charge is 0.376 e. The highest BCUT2D eigenvalue weighted by Crippen LogP contribution is 2.12. The molecule has 1 saturated heterocycles. The summed E-state index contributed by atoms with van der Waals surface area (Å²) in [5.74, 6) is -1.22. The van der Waals surface area contributed by atoms with Gasteiger partial charge in [0.25, 0.3) is 11.5 Å². The van der Waals surface area contributed by atoms with Gasteiger partial charge in [0.05, 0.1) is 18.3 Å². The zero-order chi connectivity index (χ0) is 22.7. The first-order valence-electron chi connectivity index (χ1n) is 10.1. The number of amides is 1. The Morgan fingerprint density at radius 3 is 2.69 bits per heavy atom. The fourth-order valence-corrected chi connectivity index (χ4v) is 3.59. The minimum absolute atomic E-state index is 0.129. The highest BCUT2D eigenvalue weighted by Gasteiger charge is 2.22. The maximum atomic E-state index is 13.6. The third kappa shape index (κ3) is 4.79. The lowest BCUT2D eigenvalue weighted by molar-refractivity contribution is 0.0849. The van der Waals surface area contributed by atoms with Gasteiger partial charge in [0.15, 0.2) is 0 Å². The van der Waals surface area contributed by atoms with Gasteiger partial charge in [0.2, 0.25) is 5.69 Å². The van der Waals surface area contributed by atoms with Crippen molar-refractivity contribution in [2.75, 3.05) is 13.2 Å². The van der Waals surface area contributed by atoms with Crippen LogP contribution in [-0.2, 0) is 11.3 Å². The van der Waals surface area contributed by atoms with Crippen LogP contribution in [0, 0.1) is 5.82 Å². The summed E-state index contributed by atoms with van der Waals surface area (Å²) in [7, 11) is 0. The first-order chi connectivity index (χ1) is 15.4. The molecule has 2 aromatic carbocycles. The van der Waals surface area contributed by atoms with Crippen LogP contribution in [0.15, 0.2) is 58.1 Å². The molecule has 2 heterocycles. The van der Waals surface area contributed by atoms with Crippen molar-refractivity contribution in [2.45, 2.75) is 25.5 Å². The quantitative estimate of drug-likeness (QED) is 0.610. The zero-order valence-corrected chi connectivity index (χ0v) is 17.7. The van der Waals surface area contributed by atoms with Gasteiger partial charge < -0.3 is 10.1 Å². The Morgan fingerprint density at radius 1 is 1.22 bits per heavy atom. The van der Waals surface area contributed by atoms with E-state index in [1.54, 1.807) is 30.3 Å². The van der Waals surface area contributed by atoms with Crippen molar-refractivity contribution in [3.8, 4) is 5.69 Å². The Hall–Kier alpha value is -3.30. The van der Waals surface area contributed by atoms with E-state index in [1.807, 2.05) is 0 Å². The van der Waals surface area contributed by atoms with E-state index in [1.165, 1.54) is 18.2 Å². The molecular weight excluding hydrogens is 439 g/mol. The number of hydrogen-bond acceptors (Lipinski definition) is 5. The molecule has 1 atom stereocenters. The summed E-state index contributed by atoms with van der Waals surface area (Å²) >= 11 is 5.93. The Bertz CT molecular complexity index is 1250. The van der Waals surface area contributed by atoms with Crippen LogP contribution in [0.2, 0.25) is 5.02 Å². The minimum atomic E-state index is -0.866. The Labute approximate surface area is 187 Å². The van der Waals surface area contributed by atoms with Crippen LogP contribution >= 0.6 is 11.6 Å². The van der Waals surface area contributed by atoms with Crippen molar-refractivity contribution >= 4 is 17.5 Å². The summed E-state index contributed by atoms with van der Waals surface area (Å²) in [5, 5.41) is 7.14.